The molecule has 2 heterocycles. The summed E-state index contributed by atoms with van der Waals surface area (Å²) in [5.74, 6) is -0.342. The number of rotatable bonds is 3. The van der Waals surface area contributed by atoms with Crippen molar-refractivity contribution in [1.29, 1.82) is 0 Å². The van der Waals surface area contributed by atoms with E-state index in [-0.39, 0.29) is 5.97 Å². The van der Waals surface area contributed by atoms with E-state index < -0.39 is 5.60 Å². The highest BCUT2D eigenvalue weighted by Crippen LogP contribution is 2.50. The molecule has 28 heavy (non-hydrogen) atoms. The fraction of sp³-hybridized carbons (Fsp3) is 0.261. The second kappa shape index (κ2) is 6.16. The third-order valence-corrected chi connectivity index (χ3v) is 5.79. The van der Waals surface area contributed by atoms with Gasteiger partial charge in [-0.15, -0.1) is 0 Å². The number of esters is 1. The van der Waals surface area contributed by atoms with Gasteiger partial charge in [0.1, 0.15) is 0 Å². The average molecular weight is 375 g/mol. The summed E-state index contributed by atoms with van der Waals surface area (Å²) in [5.41, 5.74) is 12.1. The van der Waals surface area contributed by atoms with E-state index in [4.69, 9.17) is 10.5 Å². The van der Waals surface area contributed by atoms with E-state index in [2.05, 4.69) is 0 Å². The molecule has 0 bridgehead atoms. The van der Waals surface area contributed by atoms with E-state index in [1.165, 1.54) is 0 Å². The van der Waals surface area contributed by atoms with Gasteiger partial charge in [-0.3, -0.25) is 0 Å². The van der Waals surface area contributed by atoms with Gasteiger partial charge < -0.3 is 19.9 Å². The van der Waals surface area contributed by atoms with Crippen molar-refractivity contribution in [2.75, 3.05) is 24.7 Å². The average Bonchev–Trinajstić information content (AvgIpc) is 3.22. The largest absolute Gasteiger partial charge is 0.441 e. The second-order valence-corrected chi connectivity index (χ2v) is 7.72. The molecule has 0 saturated heterocycles. The number of anilines is 2. The third kappa shape index (κ3) is 2.43. The maximum Gasteiger partial charge on any atom is 0.340 e. The molecule has 144 valence electrons. The van der Waals surface area contributed by atoms with Crippen LogP contribution in [0.25, 0.3) is 0 Å². The van der Waals surface area contributed by atoms with Gasteiger partial charge in [0.15, 0.2) is 5.60 Å². The van der Waals surface area contributed by atoms with Crippen molar-refractivity contribution < 1.29 is 9.53 Å². The zero-order valence-corrected chi connectivity index (χ0v) is 16.9. The fourth-order valence-electron chi connectivity index (χ4n) is 4.08. The van der Waals surface area contributed by atoms with Crippen LogP contribution in [0, 0.1) is 13.8 Å². The van der Waals surface area contributed by atoms with Gasteiger partial charge in [-0.05, 0) is 49.2 Å². The molecule has 1 aromatic heterocycles. The van der Waals surface area contributed by atoms with Crippen molar-refractivity contribution in [2.45, 2.75) is 19.4 Å². The summed E-state index contributed by atoms with van der Waals surface area (Å²) >= 11 is 0. The molecule has 5 heteroatoms. The lowest BCUT2D eigenvalue weighted by Crippen LogP contribution is -2.30. The standard InChI is InChI=1S/C23H25N3O2/c1-14-15(2)21-19(12-20(14)24)22(27)28-23(21,17-10-11-26(5)13-17)16-6-8-18(9-7-16)25(3)4/h6-13H,24H2,1-5H3. The van der Waals surface area contributed by atoms with Crippen LogP contribution in [0.1, 0.15) is 38.2 Å². The first kappa shape index (κ1) is 18.2. The minimum Gasteiger partial charge on any atom is -0.441 e. The van der Waals surface area contributed by atoms with Gasteiger partial charge in [0.05, 0.1) is 5.56 Å². The molecule has 0 amide bonds. The van der Waals surface area contributed by atoms with Crippen LogP contribution in [0.2, 0.25) is 0 Å². The van der Waals surface area contributed by atoms with Crippen LogP contribution in [0.5, 0.6) is 0 Å². The van der Waals surface area contributed by atoms with Gasteiger partial charge in [0.2, 0.25) is 0 Å². The molecule has 0 fully saturated rings. The first-order valence-corrected chi connectivity index (χ1v) is 9.29. The predicted molar refractivity (Wildman–Crippen MR) is 112 cm³/mol. The molecule has 1 aliphatic heterocycles. The number of ether oxygens (including phenoxy) is 1. The Balaban J connectivity index is 2.06. The maximum absolute atomic E-state index is 12.9. The first-order valence-electron chi connectivity index (χ1n) is 9.29. The number of hydrogen-bond acceptors (Lipinski definition) is 4. The van der Waals surface area contributed by atoms with Gasteiger partial charge in [0, 0.05) is 61.6 Å². The zero-order valence-electron chi connectivity index (χ0n) is 16.9. The van der Waals surface area contributed by atoms with Crippen LogP contribution in [0.3, 0.4) is 0 Å². The van der Waals surface area contributed by atoms with Crippen LogP contribution in [0.15, 0.2) is 48.8 Å². The van der Waals surface area contributed by atoms with Gasteiger partial charge in [-0.2, -0.15) is 0 Å². The highest BCUT2D eigenvalue weighted by atomic mass is 16.6. The zero-order chi connectivity index (χ0) is 20.2. The normalized spacial score (nSPS) is 18.1. The SMILES string of the molecule is Cc1c(N)cc2c(c1C)C(c1ccc(N(C)C)cc1)(c1ccn(C)c1)OC2=O. The quantitative estimate of drug-likeness (QED) is 0.559. The summed E-state index contributed by atoms with van der Waals surface area (Å²) in [6.07, 6.45) is 3.98. The van der Waals surface area contributed by atoms with Crippen molar-refractivity contribution >= 4 is 17.3 Å². The molecule has 2 N–H and O–H groups in total. The number of fused-ring (bicyclic) bond motifs is 1. The lowest BCUT2D eigenvalue weighted by molar-refractivity contribution is 0.0250. The number of nitrogens with zero attached hydrogens (tertiary/aromatic N) is 2. The highest BCUT2D eigenvalue weighted by Gasteiger charge is 2.50. The Hall–Kier alpha value is -3.21. The summed E-state index contributed by atoms with van der Waals surface area (Å²) in [4.78, 5) is 15.0. The monoisotopic (exact) mass is 375 g/mol. The van der Waals surface area contributed by atoms with E-state index in [9.17, 15) is 4.79 Å². The second-order valence-electron chi connectivity index (χ2n) is 7.72. The number of hydrogen-bond donors (Lipinski definition) is 1. The Morgan fingerprint density at radius 1 is 1.04 bits per heavy atom. The lowest BCUT2D eigenvalue weighted by Gasteiger charge is -2.31. The van der Waals surface area contributed by atoms with Crippen molar-refractivity contribution in [3.63, 3.8) is 0 Å². The minimum atomic E-state index is -0.985. The molecule has 0 radical (unpaired) electrons. The van der Waals surface area contributed by atoms with Crippen molar-refractivity contribution in [1.82, 2.24) is 4.57 Å². The maximum atomic E-state index is 12.9. The van der Waals surface area contributed by atoms with Crippen LogP contribution in [-0.2, 0) is 17.4 Å². The summed E-state index contributed by atoms with van der Waals surface area (Å²) in [6.45, 7) is 4.00. The molecule has 1 atom stereocenters. The van der Waals surface area contributed by atoms with Crippen LogP contribution in [0.4, 0.5) is 11.4 Å². The Bertz CT molecular complexity index is 1080. The van der Waals surface area contributed by atoms with Crippen molar-refractivity contribution in [3.8, 4) is 0 Å². The summed E-state index contributed by atoms with van der Waals surface area (Å²) < 4.78 is 8.14. The Morgan fingerprint density at radius 3 is 2.29 bits per heavy atom. The van der Waals surface area contributed by atoms with Crippen LogP contribution >= 0.6 is 0 Å². The number of cyclic esters (lactones) is 1. The molecule has 1 unspecified atom stereocenters. The van der Waals surface area contributed by atoms with Crippen LogP contribution < -0.4 is 10.6 Å². The molecule has 2 aromatic carbocycles. The van der Waals surface area contributed by atoms with Gasteiger partial charge in [-0.25, -0.2) is 4.79 Å². The van der Waals surface area contributed by atoms with E-state index in [1.807, 2.05) is 87.2 Å². The summed E-state index contributed by atoms with van der Waals surface area (Å²) in [5, 5.41) is 0. The first-order chi connectivity index (χ1) is 13.3. The van der Waals surface area contributed by atoms with E-state index in [0.29, 0.717) is 11.3 Å². The number of aryl methyl sites for hydroxylation is 1. The molecule has 0 aliphatic carbocycles. The fourth-order valence-corrected chi connectivity index (χ4v) is 4.08. The Morgan fingerprint density at radius 2 is 1.71 bits per heavy atom. The molecule has 4 rings (SSSR count). The third-order valence-electron chi connectivity index (χ3n) is 5.79. The molecule has 5 nitrogen and oxygen atoms in total. The van der Waals surface area contributed by atoms with Gasteiger partial charge in [-0.1, -0.05) is 12.1 Å². The topological polar surface area (TPSA) is 60.5 Å². The molecular formula is C23H25N3O2. The Labute approximate surface area is 165 Å². The molecule has 0 saturated carbocycles. The van der Waals surface area contributed by atoms with Crippen molar-refractivity contribution in [2.24, 2.45) is 7.05 Å². The van der Waals surface area contributed by atoms with E-state index >= 15 is 0 Å². The predicted octanol–water partition coefficient (Wildman–Crippen LogP) is 3.75. The number of benzene rings is 2. The number of nitrogen functional groups attached to an aromatic ring is 1. The molecule has 0 spiro atoms. The molecule has 1 aliphatic rings. The molecular weight excluding hydrogens is 350 g/mol. The smallest absolute Gasteiger partial charge is 0.340 e. The number of aromatic nitrogens is 1. The minimum absolute atomic E-state index is 0.342. The number of carbonyl (C=O) groups is 1. The highest BCUT2D eigenvalue weighted by molar-refractivity contribution is 5.98. The van der Waals surface area contributed by atoms with Crippen LogP contribution in [-0.4, -0.2) is 24.6 Å². The number of carbonyl (C=O) groups excluding carboxylic acids is 1. The summed E-state index contributed by atoms with van der Waals surface area (Å²) in [6, 6.07) is 11.9. The number of nitrogens with two attached hydrogens (primary N) is 1. The van der Waals surface area contributed by atoms with Crippen molar-refractivity contribution in [3.05, 3.63) is 82.2 Å². The Kier molecular flexibility index (Phi) is 4.00. The van der Waals surface area contributed by atoms with Gasteiger partial charge >= 0.3 is 5.97 Å². The van der Waals surface area contributed by atoms with E-state index in [0.717, 1.165) is 33.5 Å². The van der Waals surface area contributed by atoms with Gasteiger partial charge in [0.25, 0.3) is 0 Å². The lowest BCUT2D eigenvalue weighted by atomic mass is 9.77. The molecule has 3 aromatic rings. The summed E-state index contributed by atoms with van der Waals surface area (Å²) in [7, 11) is 5.97. The van der Waals surface area contributed by atoms with E-state index in [1.54, 1.807) is 6.07 Å².